The second kappa shape index (κ2) is 8.97. The Hall–Kier alpha value is -2.44. The Labute approximate surface area is 166 Å². The maximum atomic E-state index is 13.1. The van der Waals surface area contributed by atoms with Crippen molar-refractivity contribution in [2.45, 2.75) is 19.4 Å². The summed E-state index contributed by atoms with van der Waals surface area (Å²) in [5.74, 6) is -0.454. The van der Waals surface area contributed by atoms with Crippen LogP contribution in [0.4, 0.5) is 4.39 Å². The number of aromatic nitrogens is 1. The SMILES string of the molecule is C[C@H](Oc1ccc(F)cc1Cl)C(=O)NCCc1csc(-c2ccccc2)n1. The molecule has 0 aliphatic rings. The smallest absolute Gasteiger partial charge is 0.260 e. The molecule has 7 heteroatoms. The monoisotopic (exact) mass is 404 g/mol. The number of amides is 1. The number of carbonyl (C=O) groups excluding carboxylic acids is 1. The van der Waals surface area contributed by atoms with Crippen LogP contribution in [0.15, 0.2) is 53.9 Å². The molecule has 1 heterocycles. The molecule has 4 nitrogen and oxygen atoms in total. The van der Waals surface area contributed by atoms with Gasteiger partial charge >= 0.3 is 0 Å². The van der Waals surface area contributed by atoms with Crippen LogP contribution in [0.5, 0.6) is 5.75 Å². The lowest BCUT2D eigenvalue weighted by Gasteiger charge is -2.15. The van der Waals surface area contributed by atoms with Crippen LogP contribution in [0, 0.1) is 5.82 Å². The van der Waals surface area contributed by atoms with E-state index >= 15 is 0 Å². The van der Waals surface area contributed by atoms with E-state index in [0.29, 0.717) is 13.0 Å². The van der Waals surface area contributed by atoms with Crippen LogP contribution in [0.25, 0.3) is 10.6 Å². The Morgan fingerprint density at radius 3 is 2.81 bits per heavy atom. The Bertz CT molecular complexity index is 917. The molecule has 27 heavy (non-hydrogen) atoms. The minimum atomic E-state index is -0.747. The second-order valence-electron chi connectivity index (χ2n) is 5.89. The van der Waals surface area contributed by atoms with Crippen molar-refractivity contribution in [3.63, 3.8) is 0 Å². The lowest BCUT2D eigenvalue weighted by molar-refractivity contribution is -0.127. The van der Waals surface area contributed by atoms with Crippen LogP contribution in [-0.2, 0) is 11.2 Å². The summed E-state index contributed by atoms with van der Waals surface area (Å²) in [5, 5.41) is 5.90. The van der Waals surface area contributed by atoms with E-state index in [1.807, 2.05) is 35.7 Å². The Morgan fingerprint density at radius 1 is 1.30 bits per heavy atom. The van der Waals surface area contributed by atoms with Crippen LogP contribution in [0.1, 0.15) is 12.6 Å². The average Bonchev–Trinajstić information content (AvgIpc) is 3.13. The van der Waals surface area contributed by atoms with Crippen molar-refractivity contribution >= 4 is 28.8 Å². The van der Waals surface area contributed by atoms with Gasteiger partial charge < -0.3 is 10.1 Å². The standard InChI is InChI=1S/C20H18ClFN2O2S/c1-13(26-18-8-7-15(22)11-17(18)21)19(25)23-10-9-16-12-27-20(24-16)14-5-3-2-4-6-14/h2-8,11-13H,9-10H2,1H3,(H,23,25)/t13-/m0/s1. The summed E-state index contributed by atoms with van der Waals surface area (Å²) in [6, 6.07) is 13.7. The molecule has 0 spiro atoms. The van der Waals surface area contributed by atoms with Crippen molar-refractivity contribution in [1.29, 1.82) is 0 Å². The summed E-state index contributed by atoms with van der Waals surface area (Å²) in [6.45, 7) is 2.06. The summed E-state index contributed by atoms with van der Waals surface area (Å²) in [5.41, 5.74) is 2.00. The molecule has 1 amide bonds. The van der Waals surface area contributed by atoms with Crippen LogP contribution < -0.4 is 10.1 Å². The summed E-state index contributed by atoms with van der Waals surface area (Å²) in [6.07, 6.45) is -0.123. The number of nitrogens with one attached hydrogen (secondary N) is 1. The molecule has 3 aromatic rings. The van der Waals surface area contributed by atoms with Gasteiger partial charge in [-0.2, -0.15) is 0 Å². The van der Waals surface area contributed by atoms with Crippen molar-refractivity contribution in [2.75, 3.05) is 6.54 Å². The molecule has 0 saturated carbocycles. The van der Waals surface area contributed by atoms with E-state index in [-0.39, 0.29) is 16.7 Å². The normalized spacial score (nSPS) is 11.8. The van der Waals surface area contributed by atoms with Gasteiger partial charge in [-0.3, -0.25) is 4.79 Å². The third kappa shape index (κ3) is 5.28. The highest BCUT2D eigenvalue weighted by Crippen LogP contribution is 2.26. The molecule has 0 unspecified atom stereocenters. The minimum absolute atomic E-state index is 0.130. The third-order valence-corrected chi connectivity index (χ3v) is 5.06. The van der Waals surface area contributed by atoms with E-state index in [1.165, 1.54) is 12.1 Å². The van der Waals surface area contributed by atoms with E-state index in [2.05, 4.69) is 10.3 Å². The molecule has 3 rings (SSSR count). The number of carbonyl (C=O) groups is 1. The predicted octanol–water partition coefficient (Wildman–Crippen LogP) is 4.73. The number of benzene rings is 2. The molecular formula is C20H18ClFN2O2S. The van der Waals surface area contributed by atoms with Gasteiger partial charge in [0.15, 0.2) is 6.10 Å². The molecule has 0 aliphatic heterocycles. The van der Waals surface area contributed by atoms with Crippen molar-refractivity contribution in [3.05, 3.63) is 70.4 Å². The second-order valence-corrected chi connectivity index (χ2v) is 7.15. The van der Waals surface area contributed by atoms with Gasteiger partial charge in [0.25, 0.3) is 5.91 Å². The highest BCUT2D eigenvalue weighted by molar-refractivity contribution is 7.13. The number of hydrogen-bond acceptors (Lipinski definition) is 4. The maximum Gasteiger partial charge on any atom is 0.260 e. The minimum Gasteiger partial charge on any atom is -0.479 e. The lowest BCUT2D eigenvalue weighted by Crippen LogP contribution is -2.37. The fourth-order valence-electron chi connectivity index (χ4n) is 2.41. The lowest BCUT2D eigenvalue weighted by atomic mass is 10.2. The zero-order valence-electron chi connectivity index (χ0n) is 14.6. The quantitative estimate of drug-likeness (QED) is 0.619. The van der Waals surface area contributed by atoms with Gasteiger partial charge in [-0.15, -0.1) is 11.3 Å². The number of rotatable bonds is 7. The van der Waals surface area contributed by atoms with E-state index in [9.17, 15) is 9.18 Å². The zero-order valence-corrected chi connectivity index (χ0v) is 16.2. The molecule has 0 fully saturated rings. The molecule has 1 aromatic heterocycles. The fourth-order valence-corrected chi connectivity index (χ4v) is 3.48. The fraction of sp³-hybridized carbons (Fsp3) is 0.200. The van der Waals surface area contributed by atoms with Crippen LogP contribution in [0.2, 0.25) is 5.02 Å². The first kappa shape index (κ1) is 19.3. The van der Waals surface area contributed by atoms with Crippen LogP contribution >= 0.6 is 22.9 Å². The van der Waals surface area contributed by atoms with Gasteiger partial charge in [0.1, 0.15) is 16.6 Å². The van der Waals surface area contributed by atoms with Crippen LogP contribution in [-0.4, -0.2) is 23.5 Å². The van der Waals surface area contributed by atoms with Gasteiger partial charge in [0.2, 0.25) is 0 Å². The number of halogens is 2. The topological polar surface area (TPSA) is 51.2 Å². The van der Waals surface area contributed by atoms with Crippen molar-refractivity contribution in [1.82, 2.24) is 10.3 Å². The zero-order chi connectivity index (χ0) is 19.2. The number of ether oxygens (including phenoxy) is 1. The van der Waals surface area contributed by atoms with Gasteiger partial charge in [-0.25, -0.2) is 9.37 Å². The number of hydrogen-bond donors (Lipinski definition) is 1. The molecule has 140 valence electrons. The van der Waals surface area contributed by atoms with Crippen LogP contribution in [0.3, 0.4) is 0 Å². The molecule has 2 aromatic carbocycles. The van der Waals surface area contributed by atoms with Crippen molar-refractivity contribution < 1.29 is 13.9 Å². The summed E-state index contributed by atoms with van der Waals surface area (Å²) in [7, 11) is 0. The highest BCUT2D eigenvalue weighted by atomic mass is 35.5. The predicted molar refractivity (Wildman–Crippen MR) is 106 cm³/mol. The van der Waals surface area contributed by atoms with E-state index < -0.39 is 11.9 Å². The Balaban J connectivity index is 1.48. The van der Waals surface area contributed by atoms with Crippen molar-refractivity contribution in [3.8, 4) is 16.3 Å². The molecule has 0 aliphatic carbocycles. The number of thiazole rings is 1. The molecule has 1 atom stereocenters. The average molecular weight is 405 g/mol. The van der Waals surface area contributed by atoms with Crippen molar-refractivity contribution in [2.24, 2.45) is 0 Å². The van der Waals surface area contributed by atoms with E-state index in [4.69, 9.17) is 16.3 Å². The van der Waals surface area contributed by atoms with E-state index in [0.717, 1.165) is 22.3 Å². The maximum absolute atomic E-state index is 13.1. The highest BCUT2D eigenvalue weighted by Gasteiger charge is 2.16. The summed E-state index contributed by atoms with van der Waals surface area (Å²) < 4.78 is 18.6. The number of nitrogens with zero attached hydrogens (tertiary/aromatic N) is 1. The Kier molecular flexibility index (Phi) is 6.42. The largest absolute Gasteiger partial charge is 0.479 e. The molecule has 1 N–H and O–H groups in total. The molecule has 0 radical (unpaired) electrons. The summed E-state index contributed by atoms with van der Waals surface area (Å²) in [4.78, 5) is 16.8. The molecule has 0 saturated heterocycles. The molecular weight excluding hydrogens is 387 g/mol. The summed E-state index contributed by atoms with van der Waals surface area (Å²) >= 11 is 7.49. The Morgan fingerprint density at radius 2 is 2.07 bits per heavy atom. The third-order valence-electron chi connectivity index (χ3n) is 3.82. The van der Waals surface area contributed by atoms with Gasteiger partial charge in [0.05, 0.1) is 10.7 Å². The van der Waals surface area contributed by atoms with Gasteiger partial charge in [-0.05, 0) is 25.1 Å². The van der Waals surface area contributed by atoms with Gasteiger partial charge in [-0.1, -0.05) is 41.9 Å². The first-order chi connectivity index (χ1) is 13.0. The van der Waals surface area contributed by atoms with E-state index in [1.54, 1.807) is 18.3 Å². The first-order valence-corrected chi connectivity index (χ1v) is 9.68. The van der Waals surface area contributed by atoms with Gasteiger partial charge in [0, 0.05) is 23.9 Å². The molecule has 0 bridgehead atoms. The first-order valence-electron chi connectivity index (χ1n) is 8.42.